The fourth-order valence-electron chi connectivity index (χ4n) is 8.51. The smallest absolute Gasteiger partial charge is 0.0754 e. The summed E-state index contributed by atoms with van der Waals surface area (Å²) in [5.41, 5.74) is 14.2. The Morgan fingerprint density at radius 3 is 1.71 bits per heavy atom. The first-order valence-corrected chi connectivity index (χ1v) is 17.0. The Kier molecular flexibility index (Phi) is 6.13. The average molecular weight is 625 g/mol. The molecule has 2 nitrogen and oxygen atoms in total. The van der Waals surface area contributed by atoms with Crippen LogP contribution >= 0.6 is 0 Å². The number of fused-ring (bicyclic) bond motifs is 11. The summed E-state index contributed by atoms with van der Waals surface area (Å²) in [5.74, 6) is 0. The molecule has 0 bridgehead atoms. The molecule has 8 aromatic rings. The van der Waals surface area contributed by atoms with Crippen molar-refractivity contribution >= 4 is 44.9 Å². The maximum absolute atomic E-state index is 2.47. The molecule has 0 aromatic heterocycles. The minimum absolute atomic E-state index is 0.504. The van der Waals surface area contributed by atoms with E-state index in [4.69, 9.17) is 0 Å². The van der Waals surface area contributed by atoms with E-state index in [1.807, 2.05) is 0 Å². The van der Waals surface area contributed by atoms with E-state index in [9.17, 15) is 0 Å². The van der Waals surface area contributed by atoms with Crippen molar-refractivity contribution in [3.05, 3.63) is 216 Å². The molecule has 1 heterocycles. The first-order chi connectivity index (χ1) is 24.3. The van der Waals surface area contributed by atoms with Gasteiger partial charge in [0.2, 0.25) is 0 Å². The van der Waals surface area contributed by atoms with Crippen molar-refractivity contribution < 1.29 is 0 Å². The van der Waals surface area contributed by atoms with E-state index in [1.54, 1.807) is 0 Å². The third-order valence-electron chi connectivity index (χ3n) is 10.4. The molecule has 1 atom stereocenters. The van der Waals surface area contributed by atoms with E-state index >= 15 is 0 Å². The number of anilines is 6. The Morgan fingerprint density at radius 2 is 0.959 bits per heavy atom. The highest BCUT2D eigenvalue weighted by atomic mass is 15.2. The fraction of sp³-hybridized carbons (Fsp3) is 0.0213. The number of hydrogen-bond donors (Lipinski definition) is 0. The second-order valence-corrected chi connectivity index (χ2v) is 12.9. The molecule has 1 aliphatic heterocycles. The number of para-hydroxylation sites is 4. The normalized spacial score (nSPS) is 15.4. The maximum Gasteiger partial charge on any atom is 0.0754 e. The Morgan fingerprint density at radius 1 is 0.388 bits per heavy atom. The van der Waals surface area contributed by atoms with Crippen LogP contribution in [0.2, 0.25) is 0 Å². The van der Waals surface area contributed by atoms with E-state index in [1.165, 1.54) is 55.5 Å². The van der Waals surface area contributed by atoms with Crippen molar-refractivity contribution in [1.82, 2.24) is 0 Å². The third-order valence-corrected chi connectivity index (χ3v) is 10.4. The third kappa shape index (κ3) is 3.95. The molecule has 1 unspecified atom stereocenters. The summed E-state index contributed by atoms with van der Waals surface area (Å²) < 4.78 is 0. The predicted octanol–water partition coefficient (Wildman–Crippen LogP) is 12.5. The van der Waals surface area contributed by atoms with Gasteiger partial charge in [-0.2, -0.15) is 0 Å². The monoisotopic (exact) mass is 624 g/mol. The summed E-state index contributed by atoms with van der Waals surface area (Å²) >= 11 is 0. The van der Waals surface area contributed by atoms with Gasteiger partial charge >= 0.3 is 0 Å². The van der Waals surface area contributed by atoms with Crippen LogP contribution in [0.1, 0.15) is 22.3 Å². The molecule has 0 N–H and O–H groups in total. The van der Waals surface area contributed by atoms with E-state index in [0.29, 0.717) is 0 Å². The first kappa shape index (κ1) is 27.7. The number of nitrogens with zero attached hydrogens (tertiary/aromatic N) is 2. The number of rotatable bonds is 4. The topological polar surface area (TPSA) is 6.48 Å². The van der Waals surface area contributed by atoms with E-state index < -0.39 is 5.41 Å². The van der Waals surface area contributed by atoms with Gasteiger partial charge in [0.1, 0.15) is 0 Å². The van der Waals surface area contributed by atoms with Crippen molar-refractivity contribution in [2.75, 3.05) is 9.80 Å². The van der Waals surface area contributed by atoms with Crippen LogP contribution in [0, 0.1) is 0 Å². The number of hydrogen-bond acceptors (Lipinski definition) is 2. The maximum atomic E-state index is 2.47. The van der Waals surface area contributed by atoms with Gasteiger partial charge < -0.3 is 9.80 Å². The lowest BCUT2D eigenvalue weighted by molar-refractivity contribution is 0.753. The molecule has 1 spiro atoms. The van der Waals surface area contributed by atoms with Crippen LogP contribution in [-0.2, 0) is 5.41 Å². The molecule has 0 amide bonds. The quantitative estimate of drug-likeness (QED) is 0.192. The first-order valence-electron chi connectivity index (χ1n) is 17.0. The highest BCUT2D eigenvalue weighted by Gasteiger charge is 2.52. The Bertz CT molecular complexity index is 2470. The van der Waals surface area contributed by atoms with Gasteiger partial charge in [0.15, 0.2) is 0 Å². The molecule has 10 rings (SSSR count). The summed E-state index contributed by atoms with van der Waals surface area (Å²) in [6, 6.07) is 71.0. The van der Waals surface area contributed by atoms with Crippen molar-refractivity contribution in [3.8, 4) is 11.1 Å². The Labute approximate surface area is 286 Å². The summed E-state index contributed by atoms with van der Waals surface area (Å²) in [7, 11) is 0. The van der Waals surface area contributed by atoms with Crippen LogP contribution in [0.15, 0.2) is 194 Å². The van der Waals surface area contributed by atoms with Crippen LogP contribution in [0.5, 0.6) is 0 Å². The van der Waals surface area contributed by atoms with Crippen LogP contribution < -0.4 is 9.80 Å². The SMILES string of the molecule is c1ccc(N(c2ccccc2)c2ccc3c(c2)N(c2ccccc2)c2ccccc2C32c3ccccc3-c3c2ccc2ccccc32)cc1. The van der Waals surface area contributed by atoms with Crippen LogP contribution in [-0.4, -0.2) is 0 Å². The lowest BCUT2D eigenvalue weighted by atomic mass is 9.64. The van der Waals surface area contributed by atoms with Gasteiger partial charge in [0.25, 0.3) is 0 Å². The zero-order valence-electron chi connectivity index (χ0n) is 26.9. The van der Waals surface area contributed by atoms with Gasteiger partial charge in [0, 0.05) is 22.7 Å². The van der Waals surface area contributed by atoms with E-state index in [0.717, 1.165) is 22.7 Å². The predicted molar refractivity (Wildman–Crippen MR) is 204 cm³/mol. The molecular weight excluding hydrogens is 593 g/mol. The molecule has 0 radical (unpaired) electrons. The molecule has 0 saturated carbocycles. The molecule has 2 aliphatic rings. The lowest BCUT2D eigenvalue weighted by Crippen LogP contribution is -2.36. The molecule has 2 heteroatoms. The van der Waals surface area contributed by atoms with Gasteiger partial charge in [-0.15, -0.1) is 0 Å². The molecule has 0 fully saturated rings. The summed E-state index contributed by atoms with van der Waals surface area (Å²) in [4.78, 5) is 4.83. The highest BCUT2D eigenvalue weighted by molar-refractivity contribution is 6.06. The Hall–Kier alpha value is -6.38. The second kappa shape index (κ2) is 10.8. The minimum Gasteiger partial charge on any atom is -0.310 e. The van der Waals surface area contributed by atoms with Crippen molar-refractivity contribution in [2.24, 2.45) is 0 Å². The van der Waals surface area contributed by atoms with Crippen molar-refractivity contribution in [1.29, 1.82) is 0 Å². The van der Waals surface area contributed by atoms with Crippen LogP contribution in [0.3, 0.4) is 0 Å². The molecule has 49 heavy (non-hydrogen) atoms. The van der Waals surface area contributed by atoms with Crippen LogP contribution in [0.4, 0.5) is 34.1 Å². The molecular formula is C47H32N2. The van der Waals surface area contributed by atoms with Gasteiger partial charge in [-0.05, 0) is 98.8 Å². The zero-order chi connectivity index (χ0) is 32.4. The molecule has 0 saturated heterocycles. The standard InChI is InChI=1S/C47H32N2/c1-4-17-34(18-5-1)48(35-19-6-2-7-20-35)37-29-31-42-45(32-37)49(36-21-8-3-9-22-36)44-27-15-14-26-41(44)47(42)40-25-13-12-24-39(40)46-38-23-11-10-16-33(38)28-30-43(46)47/h1-32H. The fourth-order valence-corrected chi connectivity index (χ4v) is 8.51. The lowest BCUT2D eigenvalue weighted by Gasteiger charge is -2.45. The zero-order valence-corrected chi connectivity index (χ0v) is 26.9. The molecule has 1 aliphatic carbocycles. The van der Waals surface area contributed by atoms with Crippen molar-refractivity contribution in [3.63, 3.8) is 0 Å². The van der Waals surface area contributed by atoms with Gasteiger partial charge in [-0.3, -0.25) is 0 Å². The summed E-state index contributed by atoms with van der Waals surface area (Å²) in [6.07, 6.45) is 0. The van der Waals surface area contributed by atoms with Gasteiger partial charge in [-0.1, -0.05) is 140 Å². The van der Waals surface area contributed by atoms with Crippen LogP contribution in [0.25, 0.3) is 21.9 Å². The van der Waals surface area contributed by atoms with Gasteiger partial charge in [0.05, 0.1) is 16.8 Å². The van der Waals surface area contributed by atoms with Gasteiger partial charge in [-0.25, -0.2) is 0 Å². The molecule has 230 valence electrons. The minimum atomic E-state index is -0.504. The summed E-state index contributed by atoms with van der Waals surface area (Å²) in [6.45, 7) is 0. The second-order valence-electron chi connectivity index (χ2n) is 12.9. The van der Waals surface area contributed by atoms with Crippen molar-refractivity contribution in [2.45, 2.75) is 5.41 Å². The molecule has 8 aromatic carbocycles. The highest BCUT2D eigenvalue weighted by Crippen LogP contribution is 2.64. The van der Waals surface area contributed by atoms with E-state index in [2.05, 4.69) is 204 Å². The number of benzene rings is 8. The largest absolute Gasteiger partial charge is 0.310 e. The van der Waals surface area contributed by atoms with E-state index in [-0.39, 0.29) is 0 Å². The summed E-state index contributed by atoms with van der Waals surface area (Å²) in [5, 5.41) is 2.56. The Balaban J connectivity index is 1.33. The average Bonchev–Trinajstić information content (AvgIpc) is 3.47.